The van der Waals surface area contributed by atoms with Crippen LogP contribution in [0.5, 0.6) is 11.5 Å². The minimum Gasteiger partial charge on any atom is -0.457 e. The van der Waals surface area contributed by atoms with Gasteiger partial charge in [0.15, 0.2) is 0 Å². The molecule has 0 saturated heterocycles. The lowest BCUT2D eigenvalue weighted by molar-refractivity contribution is 0.436. The van der Waals surface area contributed by atoms with Crippen LogP contribution in [0.4, 0.5) is 0 Å². The van der Waals surface area contributed by atoms with Gasteiger partial charge in [-0.05, 0) is 63.7 Å². The van der Waals surface area contributed by atoms with Gasteiger partial charge in [-0.3, -0.25) is 0 Å². The van der Waals surface area contributed by atoms with Crippen molar-refractivity contribution < 1.29 is 4.74 Å². The zero-order valence-electron chi connectivity index (χ0n) is 33.5. The number of nitrogens with zero attached hydrogens (tertiary/aromatic N) is 3. The van der Waals surface area contributed by atoms with Crippen molar-refractivity contribution in [2.24, 2.45) is 0 Å². The molecule has 0 fully saturated rings. The third-order valence-corrected chi connectivity index (χ3v) is 12.9. The maximum Gasteiger partial charge on any atom is 0.132 e. The lowest BCUT2D eigenvalue weighted by Gasteiger charge is -2.39. The molecule has 0 unspecified atom stereocenters. The SMILES string of the molecule is c1ccc(-c2nc3ccc(-c4ccc5c(c4)nc(-c4ccccc4)c4ccc6c(c45)-c4ccccc4C64c5ccccc5Oc5ccccc54)cc3nc2-c2ccccc2)cc1. The van der Waals surface area contributed by atoms with Crippen LogP contribution in [-0.2, 0) is 5.41 Å². The van der Waals surface area contributed by atoms with Crippen molar-refractivity contribution in [1.29, 1.82) is 0 Å². The minimum absolute atomic E-state index is 0.570. The molecule has 62 heavy (non-hydrogen) atoms. The molecule has 1 spiro atoms. The number of fused-ring (bicyclic) bond motifs is 14. The first-order chi connectivity index (χ1) is 30.7. The fraction of sp³-hybridized carbons (Fsp3) is 0.0172. The van der Waals surface area contributed by atoms with Crippen LogP contribution < -0.4 is 4.74 Å². The monoisotopic (exact) mass is 789 g/mol. The van der Waals surface area contributed by atoms with Gasteiger partial charge in [-0.25, -0.2) is 15.0 Å². The van der Waals surface area contributed by atoms with Crippen LogP contribution in [0.2, 0.25) is 0 Å². The molecule has 9 aromatic carbocycles. The number of hydrogen-bond acceptors (Lipinski definition) is 4. The van der Waals surface area contributed by atoms with Gasteiger partial charge >= 0.3 is 0 Å². The Morgan fingerprint density at radius 2 is 0.806 bits per heavy atom. The summed E-state index contributed by atoms with van der Waals surface area (Å²) in [6, 6.07) is 75.2. The first-order valence-corrected chi connectivity index (χ1v) is 21.1. The van der Waals surface area contributed by atoms with Crippen molar-refractivity contribution >= 4 is 32.7 Å². The summed E-state index contributed by atoms with van der Waals surface area (Å²) in [7, 11) is 0. The fourth-order valence-electron chi connectivity index (χ4n) is 10.3. The van der Waals surface area contributed by atoms with Gasteiger partial charge in [-0.1, -0.05) is 182 Å². The van der Waals surface area contributed by atoms with E-state index in [4.69, 9.17) is 19.7 Å². The molecule has 0 N–H and O–H groups in total. The van der Waals surface area contributed by atoms with Crippen molar-refractivity contribution in [3.8, 4) is 67.5 Å². The standard InChI is InChI=1S/C58H35N3O/c1-4-16-36(17-5-1)55-43-31-32-47-54(41-22-10-11-23-44(41)58(47)45-24-12-14-26-51(45)62-52-27-15-13-25-46(52)58)53(43)42-30-28-39(34-49(42)60-55)40-29-33-48-50(35-40)61-57(38-20-8-3-9-21-38)56(59-48)37-18-6-2-7-19-37/h1-35H. The average Bonchev–Trinajstić information content (AvgIpc) is 3.64. The second kappa shape index (κ2) is 13.4. The molecule has 1 aliphatic carbocycles. The number of hydrogen-bond donors (Lipinski definition) is 0. The van der Waals surface area contributed by atoms with Gasteiger partial charge in [0, 0.05) is 44.0 Å². The Bertz CT molecular complexity index is 3560. The molecule has 0 bridgehead atoms. The van der Waals surface area contributed by atoms with Crippen molar-refractivity contribution in [2.75, 3.05) is 0 Å². The van der Waals surface area contributed by atoms with Gasteiger partial charge in [0.05, 0.1) is 39.0 Å². The van der Waals surface area contributed by atoms with Crippen LogP contribution in [0.1, 0.15) is 22.3 Å². The second-order valence-corrected chi connectivity index (χ2v) is 16.2. The average molecular weight is 790 g/mol. The highest BCUT2D eigenvalue weighted by atomic mass is 16.5. The second-order valence-electron chi connectivity index (χ2n) is 16.2. The molecule has 4 nitrogen and oxygen atoms in total. The van der Waals surface area contributed by atoms with Crippen molar-refractivity contribution in [3.63, 3.8) is 0 Å². The van der Waals surface area contributed by atoms with Gasteiger partial charge in [-0.2, -0.15) is 0 Å². The maximum atomic E-state index is 6.65. The first kappa shape index (κ1) is 34.6. The van der Waals surface area contributed by atoms with E-state index >= 15 is 0 Å². The first-order valence-electron chi connectivity index (χ1n) is 21.1. The Morgan fingerprint density at radius 1 is 0.323 bits per heavy atom. The number of aromatic nitrogens is 3. The van der Waals surface area contributed by atoms with E-state index in [0.29, 0.717) is 0 Å². The largest absolute Gasteiger partial charge is 0.457 e. The molecule has 3 heterocycles. The van der Waals surface area contributed by atoms with Gasteiger partial charge < -0.3 is 4.74 Å². The highest BCUT2D eigenvalue weighted by Crippen LogP contribution is 2.63. The van der Waals surface area contributed by atoms with E-state index in [1.54, 1.807) is 0 Å². The molecule has 0 saturated carbocycles. The van der Waals surface area contributed by atoms with E-state index in [2.05, 4.69) is 188 Å². The molecule has 2 aromatic heterocycles. The Kier molecular flexibility index (Phi) is 7.49. The molecule has 0 atom stereocenters. The summed E-state index contributed by atoms with van der Waals surface area (Å²) in [6.07, 6.45) is 0. The summed E-state index contributed by atoms with van der Waals surface area (Å²) < 4.78 is 6.65. The third kappa shape index (κ3) is 4.98. The Hall–Kier alpha value is -8.21. The van der Waals surface area contributed by atoms with Gasteiger partial charge in [0.25, 0.3) is 0 Å². The predicted octanol–water partition coefficient (Wildman–Crippen LogP) is 14.5. The topological polar surface area (TPSA) is 47.9 Å². The van der Waals surface area contributed by atoms with Gasteiger partial charge in [0.1, 0.15) is 11.5 Å². The lowest BCUT2D eigenvalue weighted by atomic mass is 9.66. The van der Waals surface area contributed by atoms with Crippen LogP contribution in [0.15, 0.2) is 212 Å². The van der Waals surface area contributed by atoms with Crippen molar-refractivity contribution in [1.82, 2.24) is 15.0 Å². The number of benzene rings is 9. The molecular weight excluding hydrogens is 755 g/mol. The van der Waals surface area contributed by atoms with Crippen LogP contribution in [0, 0.1) is 0 Å². The summed E-state index contributed by atoms with van der Waals surface area (Å²) in [5.41, 5.74) is 17.3. The number of para-hydroxylation sites is 2. The van der Waals surface area contributed by atoms with Crippen molar-refractivity contribution in [3.05, 3.63) is 235 Å². The lowest BCUT2D eigenvalue weighted by Crippen LogP contribution is -2.32. The molecule has 11 aromatic rings. The summed E-state index contributed by atoms with van der Waals surface area (Å²) >= 11 is 0. The molecule has 13 rings (SSSR count). The zero-order chi connectivity index (χ0) is 40.8. The summed E-state index contributed by atoms with van der Waals surface area (Å²) in [5, 5.41) is 3.44. The smallest absolute Gasteiger partial charge is 0.132 e. The van der Waals surface area contributed by atoms with E-state index in [9.17, 15) is 0 Å². The van der Waals surface area contributed by atoms with Gasteiger partial charge in [0.2, 0.25) is 0 Å². The maximum absolute atomic E-state index is 6.65. The minimum atomic E-state index is -0.570. The Morgan fingerprint density at radius 3 is 1.45 bits per heavy atom. The van der Waals surface area contributed by atoms with E-state index in [1.165, 1.54) is 27.6 Å². The van der Waals surface area contributed by atoms with Crippen LogP contribution in [0.25, 0.3) is 88.7 Å². The molecule has 0 amide bonds. The summed E-state index contributed by atoms with van der Waals surface area (Å²) in [5.74, 6) is 1.77. The number of rotatable bonds is 4. The Balaban J connectivity index is 1.07. The molecule has 1 aliphatic heterocycles. The van der Waals surface area contributed by atoms with E-state index in [0.717, 1.165) is 94.8 Å². The molecule has 2 aliphatic rings. The molecular formula is C58H35N3O. The van der Waals surface area contributed by atoms with Crippen LogP contribution >= 0.6 is 0 Å². The highest BCUT2D eigenvalue weighted by molar-refractivity contribution is 6.20. The number of ether oxygens (including phenoxy) is 1. The van der Waals surface area contributed by atoms with E-state index < -0.39 is 5.41 Å². The van der Waals surface area contributed by atoms with Gasteiger partial charge in [-0.15, -0.1) is 0 Å². The zero-order valence-corrected chi connectivity index (χ0v) is 33.5. The van der Waals surface area contributed by atoms with E-state index in [-0.39, 0.29) is 0 Å². The van der Waals surface area contributed by atoms with Crippen molar-refractivity contribution in [2.45, 2.75) is 5.41 Å². The number of pyridine rings is 1. The highest BCUT2D eigenvalue weighted by Gasteiger charge is 2.51. The predicted molar refractivity (Wildman–Crippen MR) is 251 cm³/mol. The molecule has 4 heteroatoms. The normalized spacial score (nSPS) is 13.1. The quantitative estimate of drug-likeness (QED) is 0.167. The van der Waals surface area contributed by atoms with Crippen LogP contribution in [-0.4, -0.2) is 15.0 Å². The van der Waals surface area contributed by atoms with Crippen LogP contribution in [0.3, 0.4) is 0 Å². The fourth-order valence-corrected chi connectivity index (χ4v) is 10.3. The Labute approximate surface area is 358 Å². The summed E-state index contributed by atoms with van der Waals surface area (Å²) in [6.45, 7) is 0. The molecule has 288 valence electrons. The summed E-state index contributed by atoms with van der Waals surface area (Å²) in [4.78, 5) is 16.1. The molecule has 0 radical (unpaired) electrons. The third-order valence-electron chi connectivity index (χ3n) is 12.9. The van der Waals surface area contributed by atoms with E-state index in [1.807, 2.05) is 24.3 Å².